The molecule has 0 fully saturated rings. The van der Waals surface area contributed by atoms with Crippen LogP contribution in [-0.4, -0.2) is 9.13 Å². The van der Waals surface area contributed by atoms with Gasteiger partial charge in [-0.2, -0.15) is 0 Å². The highest BCUT2D eigenvalue weighted by molar-refractivity contribution is 5.72. The van der Waals surface area contributed by atoms with Gasteiger partial charge in [-0.05, 0) is 37.1 Å². The first-order valence-corrected chi connectivity index (χ1v) is 10.9. The zero-order valence-corrected chi connectivity index (χ0v) is 21.0. The summed E-state index contributed by atoms with van der Waals surface area (Å²) < 4.78 is 9.68. The second kappa shape index (κ2) is 9.59. The summed E-state index contributed by atoms with van der Waals surface area (Å²) in [5, 5.41) is 0. The van der Waals surface area contributed by atoms with E-state index in [1.54, 1.807) is 0 Å². The van der Waals surface area contributed by atoms with Crippen LogP contribution in [0.3, 0.4) is 0 Å². The predicted octanol–water partition coefficient (Wildman–Crippen LogP) is -1.93. The first kappa shape index (κ1) is 22.7. The van der Waals surface area contributed by atoms with E-state index in [-0.39, 0.29) is 34.0 Å². The van der Waals surface area contributed by atoms with Crippen molar-refractivity contribution in [2.45, 2.75) is 39.0 Å². The van der Waals surface area contributed by atoms with Crippen molar-refractivity contribution in [1.82, 2.24) is 9.13 Å². The Morgan fingerprint density at radius 2 is 0.938 bits per heavy atom. The summed E-state index contributed by atoms with van der Waals surface area (Å²) in [6.07, 6.45) is 6.95. The molecule has 5 aromatic rings. The molecule has 0 amide bonds. The number of hydrogen-bond donors (Lipinski definition) is 0. The number of nitrogens with zero attached hydrogens (tertiary/aromatic N) is 4. The van der Waals surface area contributed by atoms with E-state index in [9.17, 15) is 0 Å². The van der Waals surface area contributed by atoms with Gasteiger partial charge in [-0.1, -0.05) is 48.5 Å². The summed E-state index contributed by atoms with van der Waals surface area (Å²) in [7, 11) is 0. The highest BCUT2D eigenvalue weighted by Gasteiger charge is 2.20. The lowest BCUT2D eigenvalue weighted by atomic mass is 10.1. The van der Waals surface area contributed by atoms with Crippen molar-refractivity contribution in [1.29, 1.82) is 0 Å². The molecule has 164 valence electrons. The van der Waals surface area contributed by atoms with E-state index in [1.165, 1.54) is 46.0 Å². The van der Waals surface area contributed by atoms with Gasteiger partial charge >= 0.3 is 0 Å². The second-order valence-electron chi connectivity index (χ2n) is 8.33. The average molecular weight is 554 g/mol. The summed E-state index contributed by atoms with van der Waals surface area (Å²) >= 11 is 0. The number of para-hydroxylation sites is 4. The second-order valence-corrected chi connectivity index (χ2v) is 8.33. The first-order valence-electron chi connectivity index (χ1n) is 10.9. The number of imidazole rings is 2. The van der Waals surface area contributed by atoms with Crippen molar-refractivity contribution >= 4 is 22.1 Å². The van der Waals surface area contributed by atoms with Crippen LogP contribution in [0.25, 0.3) is 22.1 Å². The Morgan fingerprint density at radius 1 is 0.531 bits per heavy atom. The van der Waals surface area contributed by atoms with E-state index in [0.717, 1.165) is 26.2 Å². The smallest absolute Gasteiger partial charge is 0.245 e. The van der Waals surface area contributed by atoms with Crippen molar-refractivity contribution in [3.63, 3.8) is 0 Å². The van der Waals surface area contributed by atoms with Crippen LogP contribution in [0.15, 0.2) is 85.5 Å². The molecule has 4 nitrogen and oxygen atoms in total. The Hall–Kier alpha value is -2.44. The molecule has 0 unspecified atom stereocenters. The van der Waals surface area contributed by atoms with Gasteiger partial charge in [-0.25, -0.2) is 18.3 Å². The Kier molecular flexibility index (Phi) is 6.82. The van der Waals surface area contributed by atoms with Gasteiger partial charge in [0.2, 0.25) is 12.7 Å². The summed E-state index contributed by atoms with van der Waals surface area (Å²) in [5.74, 6) is 0. The molecule has 0 N–H and O–H groups in total. The van der Waals surface area contributed by atoms with E-state index in [2.05, 4.69) is 104 Å². The van der Waals surface area contributed by atoms with E-state index in [4.69, 9.17) is 0 Å². The zero-order valence-electron chi connectivity index (χ0n) is 17.9. The fraction of sp³-hybridized carbons (Fsp3) is 0.231. The van der Waals surface area contributed by atoms with Gasteiger partial charge in [-0.15, -0.1) is 0 Å². The SMILES string of the molecule is [Br-].[Br-].c1ccc2c(c1)C[n+]1cn(c3ccccc31)CCCCn1c[n+](c3ccccc31)C2. The number of benzene rings is 3. The van der Waals surface area contributed by atoms with Crippen LogP contribution in [-0.2, 0) is 26.2 Å². The predicted molar refractivity (Wildman–Crippen MR) is 118 cm³/mol. The van der Waals surface area contributed by atoms with Gasteiger partial charge in [0.1, 0.15) is 13.1 Å². The molecule has 6 heteroatoms. The van der Waals surface area contributed by atoms with Gasteiger partial charge in [-0.3, -0.25) is 0 Å². The molecular weight excluding hydrogens is 528 g/mol. The topological polar surface area (TPSA) is 17.6 Å². The van der Waals surface area contributed by atoms with Crippen molar-refractivity contribution < 1.29 is 43.1 Å². The molecule has 3 aromatic carbocycles. The highest BCUT2D eigenvalue weighted by atomic mass is 79.9. The number of aryl methyl sites for hydroxylation is 2. The molecule has 6 rings (SSSR count). The lowest BCUT2D eigenvalue weighted by Gasteiger charge is -2.07. The Labute approximate surface area is 209 Å². The van der Waals surface area contributed by atoms with Gasteiger partial charge < -0.3 is 34.0 Å². The van der Waals surface area contributed by atoms with Crippen LogP contribution in [0.2, 0.25) is 0 Å². The first-order chi connectivity index (χ1) is 14.9. The molecule has 0 radical (unpaired) electrons. The maximum atomic E-state index is 2.43. The number of rotatable bonds is 0. The van der Waals surface area contributed by atoms with Crippen LogP contribution < -0.4 is 43.1 Å². The minimum absolute atomic E-state index is 0. The zero-order chi connectivity index (χ0) is 19.9. The quantitative estimate of drug-likeness (QED) is 0.199. The van der Waals surface area contributed by atoms with Crippen molar-refractivity contribution in [2.24, 2.45) is 0 Å². The van der Waals surface area contributed by atoms with Gasteiger partial charge in [0.25, 0.3) is 0 Å². The third kappa shape index (κ3) is 4.02. The third-order valence-corrected chi connectivity index (χ3v) is 6.41. The van der Waals surface area contributed by atoms with Gasteiger partial charge in [0, 0.05) is 11.1 Å². The average Bonchev–Trinajstić information content (AvgIpc) is 3.31. The minimum atomic E-state index is 0. The maximum Gasteiger partial charge on any atom is 0.245 e. The largest absolute Gasteiger partial charge is 1.00 e. The fourth-order valence-corrected chi connectivity index (χ4v) is 4.89. The number of fused-ring (bicyclic) bond motifs is 11. The molecule has 0 saturated heterocycles. The molecule has 3 heterocycles. The molecule has 1 aliphatic rings. The molecule has 0 atom stereocenters. The lowest BCUT2D eigenvalue weighted by Crippen LogP contribution is -3.00. The normalized spacial score (nSPS) is 13.6. The highest BCUT2D eigenvalue weighted by Crippen LogP contribution is 2.18. The van der Waals surface area contributed by atoms with Crippen LogP contribution in [0.1, 0.15) is 24.0 Å². The summed E-state index contributed by atoms with van der Waals surface area (Å²) in [6.45, 7) is 3.88. The molecule has 2 aromatic heterocycles. The van der Waals surface area contributed by atoms with Crippen LogP contribution >= 0.6 is 0 Å². The molecule has 0 aliphatic carbocycles. The third-order valence-electron chi connectivity index (χ3n) is 6.41. The minimum Gasteiger partial charge on any atom is -1.00 e. The van der Waals surface area contributed by atoms with E-state index in [0.29, 0.717) is 0 Å². The monoisotopic (exact) mass is 552 g/mol. The van der Waals surface area contributed by atoms with E-state index in [1.807, 2.05) is 0 Å². The van der Waals surface area contributed by atoms with E-state index < -0.39 is 0 Å². The fourth-order valence-electron chi connectivity index (χ4n) is 4.89. The van der Waals surface area contributed by atoms with Gasteiger partial charge in [0.15, 0.2) is 22.1 Å². The van der Waals surface area contributed by atoms with Crippen molar-refractivity contribution in [3.05, 3.63) is 96.6 Å². The van der Waals surface area contributed by atoms with Crippen LogP contribution in [0.5, 0.6) is 0 Å². The standard InChI is InChI=1S/C26H26N4.2BrH/c1-2-10-22-18-30-20-28(24-12-4-6-14-26(24)30)16-8-7-15-27-19-29(17-21(22)9-1)25-13-5-3-11-23(25)27;;/h1-6,9-14,19-20H,7-8,15-18H2;2*1H/q+2;;/p-2. The molecule has 0 spiro atoms. The number of hydrogen-bond acceptors (Lipinski definition) is 0. The Balaban J connectivity index is 0.00000122. The molecule has 4 bridgehead atoms. The summed E-state index contributed by atoms with van der Waals surface area (Å²) in [5.41, 5.74) is 8.03. The Morgan fingerprint density at radius 3 is 1.41 bits per heavy atom. The molecule has 0 saturated carbocycles. The number of aromatic nitrogens is 4. The molecule has 1 aliphatic heterocycles. The summed E-state index contributed by atoms with van der Waals surface area (Å²) in [4.78, 5) is 0. The van der Waals surface area contributed by atoms with E-state index >= 15 is 0 Å². The summed E-state index contributed by atoms with van der Waals surface area (Å²) in [6, 6.07) is 26.4. The van der Waals surface area contributed by atoms with Crippen molar-refractivity contribution in [3.8, 4) is 0 Å². The van der Waals surface area contributed by atoms with Crippen molar-refractivity contribution in [2.75, 3.05) is 0 Å². The van der Waals surface area contributed by atoms with Crippen LogP contribution in [0, 0.1) is 0 Å². The lowest BCUT2D eigenvalue weighted by molar-refractivity contribution is -0.668. The number of halogens is 2. The van der Waals surface area contributed by atoms with Gasteiger partial charge in [0.05, 0.1) is 13.1 Å². The maximum absolute atomic E-state index is 2.43. The molecular formula is C26H26Br2N4. The Bertz CT molecular complexity index is 1260. The molecule has 32 heavy (non-hydrogen) atoms. The van der Waals surface area contributed by atoms with Crippen LogP contribution in [0.4, 0.5) is 0 Å².